The monoisotopic (exact) mass is 151 g/mol. The highest BCUT2D eigenvalue weighted by atomic mass is 35.5. The van der Waals surface area contributed by atoms with Gasteiger partial charge in [-0.25, -0.2) is 0 Å². The SMILES string of the molecule is N#CCCC(Cl)CCl. The van der Waals surface area contributed by atoms with Gasteiger partial charge in [-0.05, 0) is 6.42 Å². The van der Waals surface area contributed by atoms with Crippen LogP contribution in [0.4, 0.5) is 0 Å². The van der Waals surface area contributed by atoms with E-state index in [4.69, 9.17) is 28.5 Å². The van der Waals surface area contributed by atoms with Crippen LogP contribution in [-0.4, -0.2) is 11.3 Å². The summed E-state index contributed by atoms with van der Waals surface area (Å²) in [5, 5.41) is 8.03. The largest absolute Gasteiger partial charge is 0.198 e. The molecule has 0 rings (SSSR count). The highest BCUT2D eigenvalue weighted by Gasteiger charge is 1.99. The van der Waals surface area contributed by atoms with Crippen LogP contribution in [-0.2, 0) is 0 Å². The van der Waals surface area contributed by atoms with Crippen LogP contribution in [0.25, 0.3) is 0 Å². The summed E-state index contributed by atoms with van der Waals surface area (Å²) >= 11 is 10.9. The molecule has 0 radical (unpaired) electrons. The molecule has 0 aliphatic carbocycles. The number of nitriles is 1. The standard InChI is InChI=1S/C5H7Cl2N/c6-4-5(7)2-1-3-8/h5H,1-2,4H2. The van der Waals surface area contributed by atoms with Gasteiger partial charge in [-0.3, -0.25) is 0 Å². The third kappa shape index (κ3) is 4.23. The van der Waals surface area contributed by atoms with Gasteiger partial charge in [0.1, 0.15) is 0 Å². The molecular weight excluding hydrogens is 145 g/mol. The minimum Gasteiger partial charge on any atom is -0.198 e. The lowest BCUT2D eigenvalue weighted by Gasteiger charge is -1.97. The molecule has 0 aliphatic rings. The molecule has 0 heterocycles. The van der Waals surface area contributed by atoms with Crippen LogP contribution in [0.2, 0.25) is 0 Å². The molecule has 1 nitrogen and oxygen atoms in total. The second-order valence-electron chi connectivity index (χ2n) is 1.45. The number of halogens is 2. The smallest absolute Gasteiger partial charge is 0.0622 e. The Bertz CT molecular complexity index is 86.9. The summed E-state index contributed by atoms with van der Waals surface area (Å²) in [6, 6.07) is 1.99. The van der Waals surface area contributed by atoms with Crippen molar-refractivity contribution in [1.29, 1.82) is 5.26 Å². The lowest BCUT2D eigenvalue weighted by molar-refractivity contribution is 0.835. The van der Waals surface area contributed by atoms with E-state index < -0.39 is 0 Å². The number of nitrogens with zero attached hydrogens (tertiary/aromatic N) is 1. The van der Waals surface area contributed by atoms with E-state index in [-0.39, 0.29) is 5.38 Å². The molecule has 0 aliphatic heterocycles. The molecule has 0 spiro atoms. The minimum absolute atomic E-state index is 0.0312. The maximum absolute atomic E-state index is 8.06. The van der Waals surface area contributed by atoms with E-state index >= 15 is 0 Å². The molecule has 1 unspecified atom stereocenters. The molecule has 0 fully saturated rings. The zero-order valence-electron chi connectivity index (χ0n) is 4.40. The van der Waals surface area contributed by atoms with E-state index in [1.165, 1.54) is 0 Å². The molecule has 0 bridgehead atoms. The van der Waals surface area contributed by atoms with E-state index in [0.29, 0.717) is 18.7 Å². The zero-order valence-corrected chi connectivity index (χ0v) is 5.91. The second-order valence-corrected chi connectivity index (χ2v) is 2.37. The van der Waals surface area contributed by atoms with E-state index in [9.17, 15) is 0 Å². The summed E-state index contributed by atoms with van der Waals surface area (Å²) in [6.45, 7) is 0. The van der Waals surface area contributed by atoms with E-state index in [1.807, 2.05) is 6.07 Å². The van der Waals surface area contributed by atoms with Crippen LogP contribution >= 0.6 is 23.2 Å². The third-order valence-electron chi connectivity index (χ3n) is 0.737. The van der Waals surface area contributed by atoms with Crippen molar-refractivity contribution in [1.82, 2.24) is 0 Å². The molecule has 0 aromatic heterocycles. The summed E-state index contributed by atoms with van der Waals surface area (Å²) in [6.07, 6.45) is 1.20. The number of alkyl halides is 2. The molecule has 0 N–H and O–H groups in total. The molecule has 0 amide bonds. The molecule has 1 atom stereocenters. The van der Waals surface area contributed by atoms with Gasteiger partial charge < -0.3 is 0 Å². The predicted molar refractivity (Wildman–Crippen MR) is 35.2 cm³/mol. The molecule has 0 saturated carbocycles. The van der Waals surface area contributed by atoms with E-state index in [1.54, 1.807) is 0 Å². The van der Waals surface area contributed by atoms with Gasteiger partial charge in [0.15, 0.2) is 0 Å². The molecule has 3 heteroatoms. The number of hydrogen-bond acceptors (Lipinski definition) is 1. The quantitative estimate of drug-likeness (QED) is 0.568. The molecule has 0 aromatic carbocycles. The number of hydrogen-bond donors (Lipinski definition) is 0. The highest BCUT2D eigenvalue weighted by Crippen LogP contribution is 2.05. The normalized spacial score (nSPS) is 12.6. The van der Waals surface area contributed by atoms with Gasteiger partial charge in [0, 0.05) is 17.7 Å². The Morgan fingerprint density at radius 3 is 2.62 bits per heavy atom. The minimum atomic E-state index is -0.0312. The van der Waals surface area contributed by atoms with E-state index in [2.05, 4.69) is 0 Å². The Labute approximate surface area is 59.2 Å². The van der Waals surface area contributed by atoms with Crippen molar-refractivity contribution < 1.29 is 0 Å². The topological polar surface area (TPSA) is 23.8 Å². The first-order valence-electron chi connectivity index (χ1n) is 2.38. The van der Waals surface area contributed by atoms with Gasteiger partial charge in [-0.15, -0.1) is 23.2 Å². The maximum Gasteiger partial charge on any atom is 0.0622 e. The Morgan fingerprint density at radius 1 is 1.62 bits per heavy atom. The van der Waals surface area contributed by atoms with Crippen LogP contribution < -0.4 is 0 Å². The van der Waals surface area contributed by atoms with Gasteiger partial charge in [0.2, 0.25) is 0 Å². The second kappa shape index (κ2) is 5.21. The zero-order chi connectivity index (χ0) is 6.41. The molecule has 0 aromatic rings. The highest BCUT2D eigenvalue weighted by molar-refractivity contribution is 6.28. The Kier molecular flexibility index (Phi) is 5.26. The lowest BCUT2D eigenvalue weighted by Crippen LogP contribution is -1.97. The van der Waals surface area contributed by atoms with Crippen LogP contribution in [0.3, 0.4) is 0 Å². The van der Waals surface area contributed by atoms with Gasteiger partial charge in [-0.1, -0.05) is 0 Å². The Balaban J connectivity index is 3.01. The molecule has 0 saturated heterocycles. The van der Waals surface area contributed by atoms with Crippen molar-refractivity contribution >= 4 is 23.2 Å². The summed E-state index contributed by atoms with van der Waals surface area (Å²) < 4.78 is 0. The van der Waals surface area contributed by atoms with Crippen LogP contribution in [0.1, 0.15) is 12.8 Å². The van der Waals surface area contributed by atoms with Crippen LogP contribution in [0.15, 0.2) is 0 Å². The first-order valence-corrected chi connectivity index (χ1v) is 3.35. The van der Waals surface area contributed by atoms with Gasteiger partial charge in [0.05, 0.1) is 6.07 Å². The van der Waals surface area contributed by atoms with Crippen LogP contribution in [0.5, 0.6) is 0 Å². The number of rotatable bonds is 3. The fourth-order valence-corrected chi connectivity index (χ4v) is 0.562. The molecule has 46 valence electrons. The van der Waals surface area contributed by atoms with Gasteiger partial charge in [0.25, 0.3) is 0 Å². The fraction of sp³-hybridized carbons (Fsp3) is 0.800. The average Bonchev–Trinajstić information content (AvgIpc) is 1.83. The first-order chi connectivity index (χ1) is 3.81. The molecule has 8 heavy (non-hydrogen) atoms. The van der Waals surface area contributed by atoms with Crippen molar-refractivity contribution in [3.05, 3.63) is 0 Å². The van der Waals surface area contributed by atoms with Crippen LogP contribution in [0, 0.1) is 11.3 Å². The fourth-order valence-electron chi connectivity index (χ4n) is 0.298. The van der Waals surface area contributed by atoms with Gasteiger partial charge >= 0.3 is 0 Å². The maximum atomic E-state index is 8.06. The third-order valence-corrected chi connectivity index (χ3v) is 1.64. The predicted octanol–water partition coefficient (Wildman–Crippen LogP) is 2.14. The average molecular weight is 152 g/mol. The van der Waals surface area contributed by atoms with Crippen molar-refractivity contribution in [2.45, 2.75) is 18.2 Å². The summed E-state index contributed by atoms with van der Waals surface area (Å²) in [4.78, 5) is 0. The van der Waals surface area contributed by atoms with E-state index in [0.717, 1.165) is 0 Å². The Hall–Kier alpha value is 0.0700. The molecular formula is C5H7Cl2N. The van der Waals surface area contributed by atoms with Crippen molar-refractivity contribution in [3.8, 4) is 6.07 Å². The van der Waals surface area contributed by atoms with Crippen molar-refractivity contribution in [2.24, 2.45) is 0 Å². The lowest BCUT2D eigenvalue weighted by atomic mass is 10.3. The van der Waals surface area contributed by atoms with Gasteiger partial charge in [-0.2, -0.15) is 5.26 Å². The summed E-state index contributed by atoms with van der Waals surface area (Å²) in [7, 11) is 0. The Morgan fingerprint density at radius 2 is 2.25 bits per heavy atom. The van der Waals surface area contributed by atoms with Crippen molar-refractivity contribution in [2.75, 3.05) is 5.88 Å². The summed E-state index contributed by atoms with van der Waals surface area (Å²) in [5.41, 5.74) is 0. The van der Waals surface area contributed by atoms with Crippen molar-refractivity contribution in [3.63, 3.8) is 0 Å². The summed E-state index contributed by atoms with van der Waals surface area (Å²) in [5.74, 6) is 0.434. The first kappa shape index (κ1) is 8.07.